The first-order valence-corrected chi connectivity index (χ1v) is 7.04. The van der Waals surface area contributed by atoms with Crippen LogP contribution in [0.5, 0.6) is 0 Å². The van der Waals surface area contributed by atoms with Crippen LogP contribution in [0.25, 0.3) is 0 Å². The molecule has 1 aromatic carbocycles. The Kier molecular flexibility index (Phi) is 3.02. The Hall–Kier alpha value is -2.21. The molecule has 1 amide bonds. The maximum atomic E-state index is 12.4. The molecule has 102 valence electrons. The maximum Gasteiger partial charge on any atom is 0.335 e. The second-order valence-corrected chi connectivity index (χ2v) is 5.67. The van der Waals surface area contributed by atoms with Gasteiger partial charge in [-0.1, -0.05) is 0 Å². The number of benzene rings is 1. The van der Waals surface area contributed by atoms with E-state index in [0.29, 0.717) is 18.7 Å². The van der Waals surface area contributed by atoms with Crippen molar-refractivity contribution in [2.45, 2.75) is 13.3 Å². The summed E-state index contributed by atoms with van der Waals surface area (Å²) in [6, 6.07) is 4.86. The van der Waals surface area contributed by atoms with Gasteiger partial charge < -0.3 is 10.0 Å². The highest BCUT2D eigenvalue weighted by molar-refractivity contribution is 7.09. The number of aromatic carboxylic acids is 1. The molecule has 0 bridgehead atoms. The Bertz CT molecular complexity index is 708. The fourth-order valence-electron chi connectivity index (χ4n) is 2.35. The first-order chi connectivity index (χ1) is 9.56. The van der Waals surface area contributed by atoms with Crippen LogP contribution in [0.3, 0.4) is 0 Å². The van der Waals surface area contributed by atoms with Gasteiger partial charge in [0.2, 0.25) is 0 Å². The van der Waals surface area contributed by atoms with Crippen LogP contribution in [0.15, 0.2) is 23.6 Å². The van der Waals surface area contributed by atoms with Crippen molar-refractivity contribution < 1.29 is 14.7 Å². The van der Waals surface area contributed by atoms with Crippen LogP contribution in [0.4, 0.5) is 5.69 Å². The minimum Gasteiger partial charge on any atom is -0.478 e. The Balaban J connectivity index is 1.93. The molecule has 0 unspecified atom stereocenters. The average Bonchev–Trinajstić information content (AvgIpc) is 3.03. The fourth-order valence-corrected chi connectivity index (χ4v) is 2.93. The molecule has 0 fully saturated rings. The van der Waals surface area contributed by atoms with Crippen LogP contribution in [0.2, 0.25) is 0 Å². The highest BCUT2D eigenvalue weighted by Gasteiger charge is 2.27. The summed E-state index contributed by atoms with van der Waals surface area (Å²) in [6.45, 7) is 2.42. The van der Waals surface area contributed by atoms with Gasteiger partial charge in [0.1, 0.15) is 5.69 Å². The van der Waals surface area contributed by atoms with Crippen molar-refractivity contribution in [3.05, 3.63) is 45.4 Å². The largest absolute Gasteiger partial charge is 0.478 e. The molecule has 0 saturated heterocycles. The van der Waals surface area contributed by atoms with Crippen molar-refractivity contribution in [1.82, 2.24) is 4.98 Å². The summed E-state index contributed by atoms with van der Waals surface area (Å²) in [7, 11) is 0. The number of carbonyl (C=O) groups excluding carboxylic acids is 1. The van der Waals surface area contributed by atoms with Crippen molar-refractivity contribution in [2.75, 3.05) is 11.4 Å². The standard InChI is InChI=1S/C14H12N2O3S/c1-8-15-11(7-20-8)13(17)16-5-4-9-6-10(14(18)19)2-3-12(9)16/h2-3,6-7H,4-5H2,1H3,(H,18,19). The van der Waals surface area contributed by atoms with E-state index >= 15 is 0 Å². The number of thiazole rings is 1. The normalized spacial score (nSPS) is 13.3. The molecular formula is C14H12N2O3S. The predicted molar refractivity (Wildman–Crippen MR) is 75.6 cm³/mol. The number of hydrogen-bond acceptors (Lipinski definition) is 4. The zero-order valence-corrected chi connectivity index (χ0v) is 11.6. The van der Waals surface area contributed by atoms with E-state index in [1.54, 1.807) is 22.4 Å². The molecule has 0 radical (unpaired) electrons. The Morgan fingerprint density at radius 3 is 2.85 bits per heavy atom. The van der Waals surface area contributed by atoms with Crippen LogP contribution < -0.4 is 4.90 Å². The van der Waals surface area contributed by atoms with E-state index in [4.69, 9.17) is 5.11 Å². The van der Waals surface area contributed by atoms with Gasteiger partial charge in [-0.3, -0.25) is 4.79 Å². The zero-order valence-electron chi connectivity index (χ0n) is 10.8. The summed E-state index contributed by atoms with van der Waals surface area (Å²) < 4.78 is 0. The molecule has 1 aliphatic heterocycles. The van der Waals surface area contributed by atoms with Crippen LogP contribution in [-0.2, 0) is 6.42 Å². The topological polar surface area (TPSA) is 70.5 Å². The lowest BCUT2D eigenvalue weighted by atomic mass is 10.1. The van der Waals surface area contributed by atoms with Gasteiger partial charge in [0, 0.05) is 17.6 Å². The van der Waals surface area contributed by atoms with E-state index in [0.717, 1.165) is 16.3 Å². The lowest BCUT2D eigenvalue weighted by Crippen LogP contribution is -2.29. The Morgan fingerprint density at radius 1 is 1.40 bits per heavy atom. The van der Waals surface area contributed by atoms with Crippen LogP contribution >= 0.6 is 11.3 Å². The maximum absolute atomic E-state index is 12.4. The second kappa shape index (κ2) is 4.72. The molecule has 1 N–H and O–H groups in total. The summed E-state index contributed by atoms with van der Waals surface area (Å²) in [6.07, 6.45) is 0.672. The van der Waals surface area contributed by atoms with Gasteiger partial charge in [-0.15, -0.1) is 11.3 Å². The van der Waals surface area contributed by atoms with Gasteiger partial charge in [0.25, 0.3) is 5.91 Å². The van der Waals surface area contributed by atoms with Crippen molar-refractivity contribution in [3.8, 4) is 0 Å². The molecular weight excluding hydrogens is 276 g/mol. The van der Waals surface area contributed by atoms with Gasteiger partial charge in [-0.25, -0.2) is 9.78 Å². The van der Waals surface area contributed by atoms with E-state index in [2.05, 4.69) is 4.98 Å². The average molecular weight is 288 g/mol. The summed E-state index contributed by atoms with van der Waals surface area (Å²) in [5.41, 5.74) is 2.38. The minimum absolute atomic E-state index is 0.129. The number of carboxylic acids is 1. The minimum atomic E-state index is -0.951. The quantitative estimate of drug-likeness (QED) is 0.921. The number of anilines is 1. The van der Waals surface area contributed by atoms with Crippen molar-refractivity contribution in [1.29, 1.82) is 0 Å². The van der Waals surface area contributed by atoms with E-state index in [1.807, 2.05) is 6.92 Å². The van der Waals surface area contributed by atoms with Crippen molar-refractivity contribution in [3.63, 3.8) is 0 Å². The van der Waals surface area contributed by atoms with E-state index in [9.17, 15) is 9.59 Å². The Labute approximate surface area is 119 Å². The molecule has 20 heavy (non-hydrogen) atoms. The molecule has 2 aromatic rings. The number of aryl methyl sites for hydroxylation is 1. The number of carbonyl (C=O) groups is 2. The second-order valence-electron chi connectivity index (χ2n) is 4.61. The fraction of sp³-hybridized carbons (Fsp3) is 0.214. The molecule has 3 rings (SSSR count). The summed E-state index contributed by atoms with van der Waals surface area (Å²) in [5, 5.41) is 11.6. The third kappa shape index (κ3) is 2.08. The number of fused-ring (bicyclic) bond motifs is 1. The molecule has 5 nitrogen and oxygen atoms in total. The molecule has 0 saturated carbocycles. The van der Waals surface area contributed by atoms with E-state index in [1.165, 1.54) is 17.4 Å². The summed E-state index contributed by atoms with van der Waals surface area (Å²) in [5.74, 6) is -1.08. The number of amides is 1. The first kappa shape index (κ1) is 12.8. The first-order valence-electron chi connectivity index (χ1n) is 6.16. The van der Waals surface area contributed by atoms with Gasteiger partial charge in [0.15, 0.2) is 0 Å². The van der Waals surface area contributed by atoms with Crippen LogP contribution in [0, 0.1) is 6.92 Å². The lowest BCUT2D eigenvalue weighted by Gasteiger charge is -2.16. The Morgan fingerprint density at radius 2 is 2.20 bits per heavy atom. The number of carboxylic acid groups (broad SMARTS) is 1. The van der Waals surface area contributed by atoms with Gasteiger partial charge in [-0.05, 0) is 37.1 Å². The summed E-state index contributed by atoms with van der Waals surface area (Å²) in [4.78, 5) is 29.2. The third-order valence-electron chi connectivity index (χ3n) is 3.31. The molecule has 6 heteroatoms. The van der Waals surface area contributed by atoms with Gasteiger partial charge >= 0.3 is 5.97 Å². The lowest BCUT2D eigenvalue weighted by molar-refractivity contribution is 0.0696. The van der Waals surface area contributed by atoms with Crippen LogP contribution in [0.1, 0.15) is 31.4 Å². The van der Waals surface area contributed by atoms with Crippen molar-refractivity contribution >= 4 is 28.9 Å². The highest BCUT2D eigenvalue weighted by atomic mass is 32.1. The predicted octanol–water partition coefficient (Wildman–Crippen LogP) is 2.35. The highest BCUT2D eigenvalue weighted by Crippen LogP contribution is 2.30. The SMILES string of the molecule is Cc1nc(C(=O)N2CCc3cc(C(=O)O)ccc32)cs1. The monoisotopic (exact) mass is 288 g/mol. The van der Waals surface area contributed by atoms with Crippen LogP contribution in [-0.4, -0.2) is 28.5 Å². The third-order valence-corrected chi connectivity index (χ3v) is 4.08. The zero-order chi connectivity index (χ0) is 14.3. The van der Waals surface area contributed by atoms with Gasteiger partial charge in [0.05, 0.1) is 10.6 Å². The van der Waals surface area contributed by atoms with E-state index in [-0.39, 0.29) is 11.5 Å². The van der Waals surface area contributed by atoms with Crippen molar-refractivity contribution in [2.24, 2.45) is 0 Å². The van der Waals surface area contributed by atoms with E-state index < -0.39 is 5.97 Å². The number of aromatic nitrogens is 1. The van der Waals surface area contributed by atoms with Gasteiger partial charge in [-0.2, -0.15) is 0 Å². The smallest absolute Gasteiger partial charge is 0.335 e. The molecule has 0 atom stereocenters. The number of nitrogens with zero attached hydrogens (tertiary/aromatic N) is 2. The molecule has 2 heterocycles. The number of rotatable bonds is 2. The number of hydrogen-bond donors (Lipinski definition) is 1. The summed E-state index contributed by atoms with van der Waals surface area (Å²) >= 11 is 1.44. The molecule has 1 aliphatic rings. The molecule has 0 spiro atoms. The molecule has 0 aliphatic carbocycles. The molecule has 1 aromatic heterocycles.